The lowest BCUT2D eigenvalue weighted by Gasteiger charge is -2.21. The van der Waals surface area contributed by atoms with Gasteiger partial charge in [-0.25, -0.2) is 0 Å². The molecule has 2 aromatic rings. The second kappa shape index (κ2) is 5.90. The lowest BCUT2D eigenvalue weighted by Crippen LogP contribution is -2.39. The molecule has 2 aromatic heterocycles. The normalized spacial score (nSPS) is 13.2. The minimum Gasteiger partial charge on any atom is -0.357 e. The summed E-state index contributed by atoms with van der Waals surface area (Å²) in [4.78, 5) is 13.8. The highest BCUT2D eigenvalue weighted by Crippen LogP contribution is 2.20. The van der Waals surface area contributed by atoms with E-state index in [-0.39, 0.29) is 17.4 Å². The van der Waals surface area contributed by atoms with Crippen LogP contribution in [0.15, 0.2) is 12.1 Å². The number of nitrogens with zero attached hydrogens (tertiary/aromatic N) is 5. The summed E-state index contributed by atoms with van der Waals surface area (Å²) in [6.45, 7) is 10.6. The van der Waals surface area contributed by atoms with E-state index in [9.17, 15) is 4.79 Å². The first kappa shape index (κ1) is 16.2. The first-order chi connectivity index (χ1) is 10.2. The summed E-state index contributed by atoms with van der Waals surface area (Å²) in [7, 11) is 1.79. The third kappa shape index (κ3) is 3.18. The molecule has 22 heavy (non-hydrogen) atoms. The lowest BCUT2D eigenvalue weighted by atomic mass is 9.96. The Morgan fingerprint density at radius 2 is 2.05 bits per heavy atom. The van der Waals surface area contributed by atoms with Gasteiger partial charge in [-0.3, -0.25) is 4.79 Å². The van der Waals surface area contributed by atoms with E-state index < -0.39 is 0 Å². The molecule has 7 nitrogen and oxygen atoms in total. The summed E-state index contributed by atoms with van der Waals surface area (Å²) >= 11 is 0. The molecule has 0 saturated heterocycles. The van der Waals surface area contributed by atoms with Gasteiger partial charge in [0, 0.05) is 19.0 Å². The molecule has 1 N–H and O–H groups in total. The van der Waals surface area contributed by atoms with Crippen LogP contribution in [-0.2, 0) is 10.2 Å². The molecule has 0 aliphatic rings. The molecule has 0 saturated carbocycles. The Hall–Kier alpha value is -2.18. The van der Waals surface area contributed by atoms with Crippen LogP contribution in [0.25, 0.3) is 5.65 Å². The van der Waals surface area contributed by atoms with Crippen LogP contribution in [0.3, 0.4) is 0 Å². The Kier molecular flexibility index (Phi) is 4.35. The smallest absolute Gasteiger partial charge is 0.244 e. The predicted molar refractivity (Wildman–Crippen MR) is 85.9 cm³/mol. The molecule has 7 heteroatoms. The second-order valence-corrected chi connectivity index (χ2v) is 6.48. The van der Waals surface area contributed by atoms with Crippen LogP contribution in [0.5, 0.6) is 0 Å². The Bertz CT molecular complexity index is 672. The molecule has 0 spiro atoms. The number of carbonyl (C=O) groups excluding carboxylic acids is 1. The number of hydrogen-bond donors (Lipinski definition) is 1. The highest BCUT2D eigenvalue weighted by Gasteiger charge is 2.22. The summed E-state index contributed by atoms with van der Waals surface area (Å²) in [5, 5.41) is 16.0. The highest BCUT2D eigenvalue weighted by atomic mass is 16.2. The van der Waals surface area contributed by atoms with Gasteiger partial charge in [0.15, 0.2) is 11.5 Å². The van der Waals surface area contributed by atoms with Gasteiger partial charge in [0.25, 0.3) is 0 Å². The Morgan fingerprint density at radius 1 is 1.36 bits per heavy atom. The van der Waals surface area contributed by atoms with Crippen LogP contribution in [0, 0.1) is 0 Å². The van der Waals surface area contributed by atoms with Gasteiger partial charge in [0.05, 0.1) is 0 Å². The van der Waals surface area contributed by atoms with E-state index in [2.05, 4.69) is 41.4 Å². The van der Waals surface area contributed by atoms with Gasteiger partial charge in [-0.05, 0) is 26.0 Å². The van der Waals surface area contributed by atoms with Gasteiger partial charge in [-0.15, -0.1) is 15.3 Å². The van der Waals surface area contributed by atoms with Gasteiger partial charge in [-0.1, -0.05) is 20.8 Å². The van der Waals surface area contributed by atoms with E-state index in [1.165, 1.54) is 0 Å². The molecule has 0 aliphatic carbocycles. The number of hydrogen-bond acceptors (Lipinski definition) is 5. The Labute approximate surface area is 130 Å². The lowest BCUT2D eigenvalue weighted by molar-refractivity contribution is -0.130. The largest absolute Gasteiger partial charge is 0.357 e. The van der Waals surface area contributed by atoms with Crippen LogP contribution >= 0.6 is 0 Å². The van der Waals surface area contributed by atoms with Crippen LogP contribution in [0.1, 0.15) is 40.4 Å². The van der Waals surface area contributed by atoms with E-state index in [4.69, 9.17) is 0 Å². The summed E-state index contributed by atoms with van der Waals surface area (Å²) < 4.78 is 1.73. The molecule has 120 valence electrons. The Balaban J connectivity index is 2.28. The third-order valence-corrected chi connectivity index (χ3v) is 3.52. The fourth-order valence-electron chi connectivity index (χ4n) is 2.10. The molecule has 2 rings (SSSR count). The van der Waals surface area contributed by atoms with Crippen molar-refractivity contribution in [3.63, 3.8) is 0 Å². The van der Waals surface area contributed by atoms with Gasteiger partial charge in [0.2, 0.25) is 5.91 Å². The minimum atomic E-state index is -0.343. The molecule has 1 amide bonds. The van der Waals surface area contributed by atoms with Crippen LogP contribution in [0.2, 0.25) is 0 Å². The van der Waals surface area contributed by atoms with E-state index in [0.717, 1.165) is 5.82 Å². The van der Waals surface area contributed by atoms with Crippen LogP contribution in [0.4, 0.5) is 5.82 Å². The second-order valence-electron chi connectivity index (χ2n) is 6.48. The number of fused-ring (bicyclic) bond motifs is 1. The molecule has 0 bridgehead atoms. The summed E-state index contributed by atoms with van der Waals surface area (Å²) in [6, 6.07) is 3.31. The molecular formula is C15H24N6O. The maximum atomic E-state index is 12.1. The zero-order valence-electron chi connectivity index (χ0n) is 14.1. The molecular weight excluding hydrogens is 280 g/mol. The molecule has 1 unspecified atom stereocenters. The summed E-state index contributed by atoms with van der Waals surface area (Å²) in [6.07, 6.45) is 0. The maximum absolute atomic E-state index is 12.1. The topological polar surface area (TPSA) is 75.4 Å². The quantitative estimate of drug-likeness (QED) is 0.930. The maximum Gasteiger partial charge on any atom is 0.244 e. The fraction of sp³-hybridized carbons (Fsp3) is 0.600. The van der Waals surface area contributed by atoms with Crippen molar-refractivity contribution in [1.29, 1.82) is 0 Å². The summed E-state index contributed by atoms with van der Waals surface area (Å²) in [5.74, 6) is 1.45. The third-order valence-electron chi connectivity index (χ3n) is 3.52. The zero-order chi connectivity index (χ0) is 16.5. The predicted octanol–water partition coefficient (Wildman–Crippen LogP) is 1.70. The van der Waals surface area contributed by atoms with E-state index >= 15 is 0 Å². The fourth-order valence-corrected chi connectivity index (χ4v) is 2.10. The van der Waals surface area contributed by atoms with Crippen LogP contribution < -0.4 is 5.32 Å². The highest BCUT2D eigenvalue weighted by molar-refractivity contribution is 5.83. The first-order valence-corrected chi connectivity index (χ1v) is 7.48. The average Bonchev–Trinajstić information content (AvgIpc) is 2.88. The van der Waals surface area contributed by atoms with Gasteiger partial charge in [0.1, 0.15) is 11.9 Å². The Morgan fingerprint density at radius 3 is 2.64 bits per heavy atom. The standard InChI is InChI=1S/C15H24N6O/c1-7-20(6)13(22)10(2)16-11-8-9-12-17-18-14(15(3,4)5)21(12)19-11/h8-10H,7H2,1-6H3,(H,16,19). The number of amides is 1. The first-order valence-electron chi connectivity index (χ1n) is 7.48. The van der Waals surface area contributed by atoms with E-state index in [1.807, 2.05) is 26.0 Å². The van der Waals surface area contributed by atoms with Gasteiger partial charge >= 0.3 is 0 Å². The number of likely N-dealkylation sites (N-methyl/N-ethyl adjacent to an activating group) is 1. The van der Waals surface area contributed by atoms with Crippen molar-refractivity contribution in [2.75, 3.05) is 18.9 Å². The molecule has 2 heterocycles. The molecule has 0 fully saturated rings. The average molecular weight is 304 g/mol. The van der Waals surface area contributed by atoms with Crippen molar-refractivity contribution in [2.45, 2.75) is 46.1 Å². The molecule has 1 atom stereocenters. The van der Waals surface area contributed by atoms with Crippen LogP contribution in [-0.4, -0.2) is 50.3 Å². The minimum absolute atomic E-state index is 0.0317. The zero-order valence-corrected chi connectivity index (χ0v) is 14.1. The number of carbonyl (C=O) groups is 1. The number of rotatable bonds is 4. The van der Waals surface area contributed by atoms with Crippen molar-refractivity contribution in [2.24, 2.45) is 0 Å². The number of aromatic nitrogens is 4. The van der Waals surface area contributed by atoms with Crippen molar-refractivity contribution >= 4 is 17.4 Å². The molecule has 0 radical (unpaired) electrons. The van der Waals surface area contributed by atoms with Crippen molar-refractivity contribution in [1.82, 2.24) is 24.7 Å². The van der Waals surface area contributed by atoms with Gasteiger partial charge in [-0.2, -0.15) is 4.52 Å². The summed E-state index contributed by atoms with van der Waals surface area (Å²) in [5.41, 5.74) is 0.537. The van der Waals surface area contributed by atoms with E-state index in [0.29, 0.717) is 18.0 Å². The van der Waals surface area contributed by atoms with Crippen molar-refractivity contribution in [3.05, 3.63) is 18.0 Å². The number of nitrogens with one attached hydrogen (secondary N) is 1. The molecule has 0 aliphatic heterocycles. The van der Waals surface area contributed by atoms with E-state index in [1.54, 1.807) is 16.5 Å². The van der Waals surface area contributed by atoms with Crippen molar-refractivity contribution < 1.29 is 4.79 Å². The molecule has 0 aromatic carbocycles. The SMILES string of the molecule is CCN(C)C(=O)C(C)Nc1ccc2nnc(C(C)(C)C)n2n1. The monoisotopic (exact) mass is 304 g/mol. The van der Waals surface area contributed by atoms with Crippen molar-refractivity contribution in [3.8, 4) is 0 Å². The number of anilines is 1. The van der Waals surface area contributed by atoms with Gasteiger partial charge < -0.3 is 10.2 Å².